The van der Waals surface area contributed by atoms with Gasteiger partial charge in [-0.05, 0) is 20.3 Å². The molecule has 0 bridgehead atoms. The zero-order valence-corrected chi connectivity index (χ0v) is 6.35. The Labute approximate surface area is 56.6 Å². The van der Waals surface area contributed by atoms with E-state index in [2.05, 4.69) is 19.2 Å². The largest absolute Gasteiger partial charge is 0.380 e. The molecule has 2 heteroatoms. The average molecular weight is 129 g/mol. The third-order valence-corrected chi connectivity index (χ3v) is 1.99. The molecule has 2 nitrogen and oxygen atoms in total. The lowest BCUT2D eigenvalue weighted by molar-refractivity contribution is 0.0958. The summed E-state index contributed by atoms with van der Waals surface area (Å²) >= 11 is 0. The van der Waals surface area contributed by atoms with Crippen LogP contribution >= 0.6 is 0 Å². The maximum absolute atomic E-state index is 5.23. The molecule has 0 spiro atoms. The molecule has 0 amide bonds. The SMILES string of the molecule is COC1CC(C)NC1C. The summed E-state index contributed by atoms with van der Waals surface area (Å²) in [6.07, 6.45) is 1.58. The van der Waals surface area contributed by atoms with Crippen molar-refractivity contribution < 1.29 is 4.74 Å². The minimum Gasteiger partial charge on any atom is -0.380 e. The highest BCUT2D eigenvalue weighted by molar-refractivity contribution is 4.86. The van der Waals surface area contributed by atoms with Crippen molar-refractivity contribution in [2.75, 3.05) is 7.11 Å². The molecule has 3 atom stereocenters. The van der Waals surface area contributed by atoms with E-state index in [1.807, 2.05) is 0 Å². The maximum Gasteiger partial charge on any atom is 0.0736 e. The minimum absolute atomic E-state index is 0.431. The summed E-state index contributed by atoms with van der Waals surface area (Å²) in [4.78, 5) is 0. The Bertz CT molecular complexity index is 94.9. The van der Waals surface area contributed by atoms with E-state index in [-0.39, 0.29) is 0 Å². The van der Waals surface area contributed by atoms with E-state index < -0.39 is 0 Å². The third-order valence-electron chi connectivity index (χ3n) is 1.99. The molecule has 1 saturated heterocycles. The van der Waals surface area contributed by atoms with Crippen molar-refractivity contribution in [1.29, 1.82) is 0 Å². The number of hydrogen-bond donors (Lipinski definition) is 1. The van der Waals surface area contributed by atoms with Gasteiger partial charge in [-0.2, -0.15) is 0 Å². The third kappa shape index (κ3) is 1.43. The van der Waals surface area contributed by atoms with Crippen molar-refractivity contribution in [3.05, 3.63) is 0 Å². The number of nitrogens with one attached hydrogen (secondary N) is 1. The smallest absolute Gasteiger partial charge is 0.0736 e. The minimum atomic E-state index is 0.431. The van der Waals surface area contributed by atoms with E-state index in [9.17, 15) is 0 Å². The summed E-state index contributed by atoms with van der Waals surface area (Å²) in [5.74, 6) is 0. The molecule has 3 unspecified atom stereocenters. The number of hydrogen-bond acceptors (Lipinski definition) is 2. The second-order valence-corrected chi connectivity index (χ2v) is 2.87. The van der Waals surface area contributed by atoms with Gasteiger partial charge in [0.2, 0.25) is 0 Å². The fraction of sp³-hybridized carbons (Fsp3) is 1.00. The predicted molar refractivity (Wildman–Crippen MR) is 37.5 cm³/mol. The fourth-order valence-electron chi connectivity index (χ4n) is 1.48. The first-order valence-corrected chi connectivity index (χ1v) is 3.53. The van der Waals surface area contributed by atoms with E-state index in [0.29, 0.717) is 18.2 Å². The second-order valence-electron chi connectivity index (χ2n) is 2.87. The van der Waals surface area contributed by atoms with Crippen LogP contribution < -0.4 is 5.32 Å². The Kier molecular flexibility index (Phi) is 2.09. The van der Waals surface area contributed by atoms with Crippen molar-refractivity contribution in [1.82, 2.24) is 5.32 Å². The van der Waals surface area contributed by atoms with Crippen LogP contribution in [0.15, 0.2) is 0 Å². The van der Waals surface area contributed by atoms with E-state index in [0.717, 1.165) is 6.42 Å². The Hall–Kier alpha value is -0.0800. The highest BCUT2D eigenvalue weighted by Gasteiger charge is 2.27. The molecule has 9 heavy (non-hydrogen) atoms. The van der Waals surface area contributed by atoms with E-state index >= 15 is 0 Å². The first kappa shape index (κ1) is 7.03. The molecule has 0 saturated carbocycles. The summed E-state index contributed by atoms with van der Waals surface area (Å²) in [5.41, 5.74) is 0. The van der Waals surface area contributed by atoms with Gasteiger partial charge in [0, 0.05) is 19.2 Å². The van der Waals surface area contributed by atoms with Crippen LogP contribution in [0.5, 0.6) is 0 Å². The van der Waals surface area contributed by atoms with Crippen LogP contribution in [-0.4, -0.2) is 25.3 Å². The molecule has 0 aliphatic carbocycles. The van der Waals surface area contributed by atoms with Crippen molar-refractivity contribution in [3.63, 3.8) is 0 Å². The first-order valence-electron chi connectivity index (χ1n) is 3.53. The van der Waals surface area contributed by atoms with Crippen LogP contribution in [0.3, 0.4) is 0 Å². The Balaban J connectivity index is 2.38. The molecular weight excluding hydrogens is 114 g/mol. The van der Waals surface area contributed by atoms with E-state index in [4.69, 9.17) is 4.74 Å². The van der Waals surface area contributed by atoms with Gasteiger partial charge >= 0.3 is 0 Å². The molecule has 1 heterocycles. The lowest BCUT2D eigenvalue weighted by Crippen LogP contribution is -2.29. The normalized spacial score (nSPS) is 43.7. The van der Waals surface area contributed by atoms with Gasteiger partial charge in [0.25, 0.3) is 0 Å². The molecule has 0 aromatic rings. The van der Waals surface area contributed by atoms with Crippen molar-refractivity contribution in [2.24, 2.45) is 0 Å². The molecule has 1 rings (SSSR count). The topological polar surface area (TPSA) is 21.3 Å². The second kappa shape index (κ2) is 2.67. The molecule has 54 valence electrons. The van der Waals surface area contributed by atoms with Gasteiger partial charge in [-0.15, -0.1) is 0 Å². The monoisotopic (exact) mass is 129 g/mol. The van der Waals surface area contributed by atoms with Gasteiger partial charge in [-0.1, -0.05) is 0 Å². The highest BCUT2D eigenvalue weighted by atomic mass is 16.5. The zero-order chi connectivity index (χ0) is 6.85. The van der Waals surface area contributed by atoms with Crippen LogP contribution in [0.4, 0.5) is 0 Å². The van der Waals surface area contributed by atoms with Crippen LogP contribution in [0.1, 0.15) is 20.3 Å². The van der Waals surface area contributed by atoms with Gasteiger partial charge in [0.15, 0.2) is 0 Å². The Morgan fingerprint density at radius 2 is 2.11 bits per heavy atom. The molecule has 1 aliphatic heterocycles. The standard InChI is InChI=1S/C7H15NO/c1-5-4-7(9-3)6(2)8-5/h5-8H,4H2,1-3H3. The summed E-state index contributed by atoms with van der Waals surface area (Å²) < 4.78 is 5.23. The van der Waals surface area contributed by atoms with E-state index in [1.165, 1.54) is 0 Å². The first-order chi connectivity index (χ1) is 4.24. The predicted octanol–water partition coefficient (Wildman–Crippen LogP) is 0.772. The molecule has 0 aromatic carbocycles. The van der Waals surface area contributed by atoms with Crippen molar-refractivity contribution >= 4 is 0 Å². The van der Waals surface area contributed by atoms with Crippen molar-refractivity contribution in [2.45, 2.75) is 38.5 Å². The highest BCUT2D eigenvalue weighted by Crippen LogP contribution is 2.14. The number of methoxy groups -OCH3 is 1. The molecule has 0 aromatic heterocycles. The van der Waals surface area contributed by atoms with Gasteiger partial charge in [0.1, 0.15) is 0 Å². The molecule has 0 radical (unpaired) electrons. The molecule has 1 N–H and O–H groups in total. The van der Waals surface area contributed by atoms with Gasteiger partial charge in [0.05, 0.1) is 6.10 Å². The number of rotatable bonds is 1. The fourth-order valence-corrected chi connectivity index (χ4v) is 1.48. The lowest BCUT2D eigenvalue weighted by atomic mass is 10.2. The summed E-state index contributed by atoms with van der Waals surface area (Å²) in [5, 5.41) is 3.39. The number of ether oxygens (including phenoxy) is 1. The van der Waals surface area contributed by atoms with Crippen LogP contribution in [0.25, 0.3) is 0 Å². The van der Waals surface area contributed by atoms with Crippen molar-refractivity contribution in [3.8, 4) is 0 Å². The summed E-state index contributed by atoms with van der Waals surface area (Å²) in [6, 6.07) is 1.16. The molecule has 1 aliphatic rings. The molecule has 1 fully saturated rings. The quantitative estimate of drug-likeness (QED) is 0.564. The summed E-state index contributed by atoms with van der Waals surface area (Å²) in [6.45, 7) is 4.35. The van der Waals surface area contributed by atoms with Crippen LogP contribution in [-0.2, 0) is 4.74 Å². The zero-order valence-electron chi connectivity index (χ0n) is 6.35. The molecular formula is C7H15NO. The van der Waals surface area contributed by atoms with Crippen LogP contribution in [0.2, 0.25) is 0 Å². The Morgan fingerprint density at radius 1 is 1.44 bits per heavy atom. The lowest BCUT2D eigenvalue weighted by Gasteiger charge is -2.11. The maximum atomic E-state index is 5.23. The van der Waals surface area contributed by atoms with Gasteiger partial charge in [-0.25, -0.2) is 0 Å². The van der Waals surface area contributed by atoms with E-state index in [1.54, 1.807) is 7.11 Å². The summed E-state index contributed by atoms with van der Waals surface area (Å²) in [7, 11) is 1.78. The van der Waals surface area contributed by atoms with Gasteiger partial charge < -0.3 is 10.1 Å². The average Bonchev–Trinajstić information content (AvgIpc) is 2.10. The van der Waals surface area contributed by atoms with Crippen LogP contribution in [0, 0.1) is 0 Å². The Morgan fingerprint density at radius 3 is 2.33 bits per heavy atom. The van der Waals surface area contributed by atoms with Gasteiger partial charge in [-0.3, -0.25) is 0 Å².